The highest BCUT2D eigenvalue weighted by molar-refractivity contribution is 5.76. The minimum atomic E-state index is 0.190. The Morgan fingerprint density at radius 3 is 2.75 bits per heavy atom. The molecule has 2 heterocycles. The molecule has 0 saturated carbocycles. The summed E-state index contributed by atoms with van der Waals surface area (Å²) in [5.74, 6) is 0.950. The van der Waals surface area contributed by atoms with Crippen molar-refractivity contribution in [3.05, 3.63) is 18.0 Å². The van der Waals surface area contributed by atoms with Crippen molar-refractivity contribution >= 4 is 5.91 Å². The third-order valence-electron chi connectivity index (χ3n) is 3.20. The third kappa shape index (κ3) is 2.62. The van der Waals surface area contributed by atoms with E-state index in [2.05, 4.69) is 12.0 Å². The van der Waals surface area contributed by atoms with Crippen LogP contribution >= 0.6 is 0 Å². The van der Waals surface area contributed by atoms with E-state index in [1.807, 2.05) is 18.0 Å². The molecular formula is C12H19N3O. The first kappa shape index (κ1) is 11.2. The smallest absolute Gasteiger partial charge is 0.244 e. The lowest BCUT2D eigenvalue weighted by Gasteiger charge is -2.30. The molecular weight excluding hydrogens is 202 g/mol. The summed E-state index contributed by atoms with van der Waals surface area (Å²) in [6, 6.07) is 0. The Morgan fingerprint density at radius 1 is 1.50 bits per heavy atom. The number of amides is 1. The molecule has 0 spiro atoms. The summed E-state index contributed by atoms with van der Waals surface area (Å²) in [6.45, 7) is 6.41. The Morgan fingerprint density at radius 2 is 2.19 bits per heavy atom. The van der Waals surface area contributed by atoms with E-state index in [0.29, 0.717) is 6.54 Å². The number of aryl methyl sites for hydroxylation is 1. The van der Waals surface area contributed by atoms with E-state index >= 15 is 0 Å². The summed E-state index contributed by atoms with van der Waals surface area (Å²) in [4.78, 5) is 13.9. The summed E-state index contributed by atoms with van der Waals surface area (Å²) >= 11 is 0. The molecule has 4 nitrogen and oxygen atoms in total. The second-order valence-electron chi connectivity index (χ2n) is 4.78. The number of aromatic nitrogens is 2. The monoisotopic (exact) mass is 221 g/mol. The minimum absolute atomic E-state index is 0.190. The van der Waals surface area contributed by atoms with Gasteiger partial charge in [-0.1, -0.05) is 6.92 Å². The van der Waals surface area contributed by atoms with E-state index in [1.165, 1.54) is 0 Å². The summed E-state index contributed by atoms with van der Waals surface area (Å²) in [5, 5.41) is 4.13. The molecule has 0 bridgehead atoms. The van der Waals surface area contributed by atoms with E-state index in [1.54, 1.807) is 10.9 Å². The molecule has 0 atom stereocenters. The van der Waals surface area contributed by atoms with Crippen LogP contribution in [0.3, 0.4) is 0 Å². The molecule has 1 saturated heterocycles. The molecule has 0 aromatic carbocycles. The number of nitrogens with zero attached hydrogens (tertiary/aromatic N) is 3. The maximum absolute atomic E-state index is 11.9. The lowest BCUT2D eigenvalue weighted by atomic mass is 9.99. The normalized spacial score (nSPS) is 17.8. The molecule has 1 aliphatic rings. The molecule has 1 aromatic rings. The quantitative estimate of drug-likeness (QED) is 0.758. The highest BCUT2D eigenvalue weighted by atomic mass is 16.2. The Labute approximate surface area is 96.2 Å². The molecule has 1 fully saturated rings. The highest BCUT2D eigenvalue weighted by Gasteiger charge is 2.20. The lowest BCUT2D eigenvalue weighted by Crippen LogP contribution is -2.39. The van der Waals surface area contributed by atoms with Gasteiger partial charge >= 0.3 is 0 Å². The van der Waals surface area contributed by atoms with Crippen LogP contribution in [-0.2, 0) is 11.3 Å². The van der Waals surface area contributed by atoms with E-state index in [-0.39, 0.29) is 5.91 Å². The fourth-order valence-corrected chi connectivity index (χ4v) is 2.05. The number of carbonyl (C=O) groups is 1. The van der Waals surface area contributed by atoms with Crippen molar-refractivity contribution in [3.63, 3.8) is 0 Å². The largest absolute Gasteiger partial charge is 0.341 e. The molecule has 0 radical (unpaired) electrons. The van der Waals surface area contributed by atoms with Crippen LogP contribution in [0, 0.1) is 12.8 Å². The molecule has 0 unspecified atom stereocenters. The average Bonchev–Trinajstić information content (AvgIpc) is 2.65. The van der Waals surface area contributed by atoms with Gasteiger partial charge in [0.05, 0.1) is 6.20 Å². The van der Waals surface area contributed by atoms with Crippen LogP contribution in [0.1, 0.15) is 25.3 Å². The fourth-order valence-electron chi connectivity index (χ4n) is 2.05. The molecule has 0 aliphatic carbocycles. The van der Waals surface area contributed by atoms with Crippen LogP contribution in [0.5, 0.6) is 0 Å². The van der Waals surface area contributed by atoms with Crippen molar-refractivity contribution in [3.8, 4) is 0 Å². The molecule has 16 heavy (non-hydrogen) atoms. The Balaban J connectivity index is 1.88. The summed E-state index contributed by atoms with van der Waals surface area (Å²) in [5.41, 5.74) is 1.10. The summed E-state index contributed by atoms with van der Waals surface area (Å²) < 4.78 is 1.72. The fraction of sp³-hybridized carbons (Fsp3) is 0.667. The van der Waals surface area contributed by atoms with Crippen LogP contribution < -0.4 is 0 Å². The zero-order valence-corrected chi connectivity index (χ0v) is 10.0. The number of hydrogen-bond donors (Lipinski definition) is 0. The van der Waals surface area contributed by atoms with Crippen LogP contribution in [0.2, 0.25) is 0 Å². The van der Waals surface area contributed by atoms with Crippen molar-refractivity contribution in [2.24, 2.45) is 5.92 Å². The van der Waals surface area contributed by atoms with Crippen molar-refractivity contribution in [2.75, 3.05) is 13.1 Å². The van der Waals surface area contributed by atoms with E-state index in [9.17, 15) is 4.79 Å². The van der Waals surface area contributed by atoms with Gasteiger partial charge in [0.15, 0.2) is 0 Å². The standard InChI is InChI=1S/C12H19N3O/c1-10-3-5-14(6-4-10)12(16)9-15-8-11(2)7-13-15/h7-8,10H,3-6,9H2,1-2H3. The third-order valence-corrected chi connectivity index (χ3v) is 3.20. The van der Waals surface area contributed by atoms with Gasteiger partial charge in [0.25, 0.3) is 0 Å². The first-order chi connectivity index (χ1) is 7.65. The Bertz CT molecular complexity index is 364. The van der Waals surface area contributed by atoms with Crippen molar-refractivity contribution < 1.29 is 4.79 Å². The van der Waals surface area contributed by atoms with Gasteiger partial charge in [-0.3, -0.25) is 9.48 Å². The topological polar surface area (TPSA) is 38.1 Å². The molecule has 1 aromatic heterocycles. The predicted octanol–water partition coefficient (Wildman–Crippen LogP) is 1.45. The predicted molar refractivity (Wildman–Crippen MR) is 61.9 cm³/mol. The van der Waals surface area contributed by atoms with Gasteiger partial charge in [-0.05, 0) is 31.2 Å². The first-order valence-corrected chi connectivity index (χ1v) is 5.92. The first-order valence-electron chi connectivity index (χ1n) is 5.92. The zero-order chi connectivity index (χ0) is 11.5. The van der Waals surface area contributed by atoms with Crippen molar-refractivity contribution in [2.45, 2.75) is 33.2 Å². The second-order valence-corrected chi connectivity index (χ2v) is 4.78. The SMILES string of the molecule is Cc1cnn(CC(=O)N2CCC(C)CC2)c1. The Hall–Kier alpha value is -1.32. The second kappa shape index (κ2) is 4.68. The van der Waals surface area contributed by atoms with Gasteiger partial charge in [-0.15, -0.1) is 0 Å². The number of rotatable bonds is 2. The molecule has 1 aliphatic heterocycles. The van der Waals surface area contributed by atoms with Crippen LogP contribution in [0.4, 0.5) is 0 Å². The molecule has 4 heteroatoms. The van der Waals surface area contributed by atoms with Crippen molar-refractivity contribution in [1.29, 1.82) is 0 Å². The van der Waals surface area contributed by atoms with Gasteiger partial charge < -0.3 is 4.90 Å². The maximum atomic E-state index is 11.9. The van der Waals surface area contributed by atoms with E-state index in [0.717, 1.165) is 37.4 Å². The van der Waals surface area contributed by atoms with E-state index in [4.69, 9.17) is 0 Å². The number of carbonyl (C=O) groups excluding carboxylic acids is 1. The van der Waals surface area contributed by atoms with Crippen LogP contribution in [0.15, 0.2) is 12.4 Å². The zero-order valence-electron chi connectivity index (χ0n) is 10.0. The maximum Gasteiger partial charge on any atom is 0.244 e. The van der Waals surface area contributed by atoms with Gasteiger partial charge in [0.2, 0.25) is 5.91 Å². The summed E-state index contributed by atoms with van der Waals surface area (Å²) in [6.07, 6.45) is 5.95. The highest BCUT2D eigenvalue weighted by Crippen LogP contribution is 2.16. The van der Waals surface area contributed by atoms with Crippen LogP contribution in [0.25, 0.3) is 0 Å². The lowest BCUT2D eigenvalue weighted by molar-refractivity contribution is -0.133. The van der Waals surface area contributed by atoms with Gasteiger partial charge in [-0.25, -0.2) is 0 Å². The van der Waals surface area contributed by atoms with Gasteiger partial charge in [0, 0.05) is 19.3 Å². The molecule has 0 N–H and O–H groups in total. The van der Waals surface area contributed by atoms with Crippen molar-refractivity contribution in [1.82, 2.24) is 14.7 Å². The summed E-state index contributed by atoms with van der Waals surface area (Å²) in [7, 11) is 0. The molecule has 88 valence electrons. The number of hydrogen-bond acceptors (Lipinski definition) is 2. The Kier molecular flexibility index (Phi) is 3.27. The average molecular weight is 221 g/mol. The molecule has 2 rings (SSSR count). The van der Waals surface area contributed by atoms with Gasteiger partial charge in [-0.2, -0.15) is 5.10 Å². The van der Waals surface area contributed by atoms with Crippen LogP contribution in [-0.4, -0.2) is 33.7 Å². The number of likely N-dealkylation sites (tertiary alicyclic amines) is 1. The molecule has 1 amide bonds. The number of piperidine rings is 1. The van der Waals surface area contributed by atoms with E-state index < -0.39 is 0 Å². The van der Waals surface area contributed by atoms with Gasteiger partial charge in [0.1, 0.15) is 6.54 Å². The minimum Gasteiger partial charge on any atom is -0.341 e.